The summed E-state index contributed by atoms with van der Waals surface area (Å²) < 4.78 is 90.2. The maximum atomic E-state index is 14.5. The van der Waals surface area contributed by atoms with E-state index in [2.05, 4.69) is 39.2 Å². The van der Waals surface area contributed by atoms with Crippen LogP contribution in [0.3, 0.4) is 0 Å². The third-order valence-corrected chi connectivity index (χ3v) is 15.9. The zero-order chi connectivity index (χ0) is 55.9. The molecule has 4 atom stereocenters. The van der Waals surface area contributed by atoms with Crippen molar-refractivity contribution < 1.29 is 78.9 Å². The van der Waals surface area contributed by atoms with Crippen LogP contribution >= 0.6 is 0 Å². The number of benzene rings is 5. The van der Waals surface area contributed by atoms with E-state index < -0.39 is 10.1 Å². The Balaban J connectivity index is 0.000000861. The van der Waals surface area contributed by atoms with Crippen molar-refractivity contribution in [3.05, 3.63) is 118 Å². The van der Waals surface area contributed by atoms with Crippen LogP contribution in [0.2, 0.25) is 0 Å². The number of nitrogens with zero attached hydrogens (tertiary/aromatic N) is 2. The van der Waals surface area contributed by atoms with Crippen molar-refractivity contribution in [2.45, 2.75) is 81.7 Å². The SMILES string of the molecule is CCCCCOC(=O)CC[N+]1(C)CCc2c(cc(OC)c(OC)c2OC(=O)CC[N+]2(C)CCc3cc(OC)c(OC)cc3C2Cc2ccc(OC)c(OC)c2)C1Cc1ccc(OC)c(OC)c1.O=S(=O)([O-])c1ccccc1. The second kappa shape index (κ2) is 27.0. The van der Waals surface area contributed by atoms with Crippen LogP contribution in [-0.4, -0.2) is 138 Å². The van der Waals surface area contributed by atoms with Gasteiger partial charge in [-0.2, -0.15) is 0 Å². The van der Waals surface area contributed by atoms with Crippen molar-refractivity contribution in [2.75, 3.05) is 104 Å². The molecule has 4 unspecified atom stereocenters. The van der Waals surface area contributed by atoms with Gasteiger partial charge in [0, 0.05) is 42.4 Å². The molecule has 0 spiro atoms. The predicted octanol–water partition coefficient (Wildman–Crippen LogP) is 9.04. The number of hydrogen-bond donors (Lipinski definition) is 0. The summed E-state index contributed by atoms with van der Waals surface area (Å²) in [5, 5.41) is 0. The molecule has 0 saturated heterocycles. The molecule has 418 valence electrons. The Hall–Kier alpha value is -6.73. The lowest BCUT2D eigenvalue weighted by molar-refractivity contribution is -0.941. The molecule has 0 bridgehead atoms. The number of hydrogen-bond acceptors (Lipinski definition) is 15. The van der Waals surface area contributed by atoms with E-state index in [4.69, 9.17) is 47.4 Å². The summed E-state index contributed by atoms with van der Waals surface area (Å²) in [5.74, 6) is 4.53. The number of carbonyl (C=O) groups is 2. The maximum Gasteiger partial charge on any atom is 0.317 e. The van der Waals surface area contributed by atoms with Gasteiger partial charge in [0.15, 0.2) is 46.0 Å². The summed E-state index contributed by atoms with van der Waals surface area (Å²) in [6.45, 7) is 5.07. The number of likely N-dealkylation sites (N-methyl/N-ethyl adjacent to an activating group) is 2. The first-order valence-corrected chi connectivity index (χ1v) is 27.3. The fourth-order valence-electron chi connectivity index (χ4n) is 10.6. The lowest BCUT2D eigenvalue weighted by atomic mass is 9.85. The van der Waals surface area contributed by atoms with Gasteiger partial charge in [0.25, 0.3) is 0 Å². The average molecular weight is 1090 g/mol. The van der Waals surface area contributed by atoms with Gasteiger partial charge in [0.05, 0.1) is 121 Å². The van der Waals surface area contributed by atoms with E-state index in [-0.39, 0.29) is 41.8 Å². The highest BCUT2D eigenvalue weighted by molar-refractivity contribution is 7.85. The van der Waals surface area contributed by atoms with Crippen LogP contribution in [0, 0.1) is 0 Å². The summed E-state index contributed by atoms with van der Waals surface area (Å²) in [7, 11) is 13.1. The molecule has 0 fully saturated rings. The summed E-state index contributed by atoms with van der Waals surface area (Å²) in [6.07, 6.45) is 5.95. The summed E-state index contributed by atoms with van der Waals surface area (Å²) in [5.41, 5.74) is 6.27. The van der Waals surface area contributed by atoms with Crippen LogP contribution in [0.5, 0.6) is 51.7 Å². The van der Waals surface area contributed by atoms with Crippen molar-refractivity contribution in [1.29, 1.82) is 0 Å². The lowest BCUT2D eigenvalue weighted by Gasteiger charge is -2.46. The highest BCUT2D eigenvalue weighted by atomic mass is 32.2. The Labute approximate surface area is 454 Å². The predicted molar refractivity (Wildman–Crippen MR) is 290 cm³/mol. The Morgan fingerprint density at radius 1 is 0.558 bits per heavy atom. The van der Waals surface area contributed by atoms with E-state index in [1.54, 1.807) is 62.9 Å². The lowest BCUT2D eigenvalue weighted by Crippen LogP contribution is -2.53. The Morgan fingerprint density at radius 3 is 1.56 bits per heavy atom. The number of ether oxygens (including phenoxy) is 10. The number of fused-ring (bicyclic) bond motifs is 2. The van der Waals surface area contributed by atoms with E-state index in [9.17, 15) is 22.6 Å². The number of esters is 2. The molecule has 77 heavy (non-hydrogen) atoms. The van der Waals surface area contributed by atoms with Gasteiger partial charge >= 0.3 is 11.9 Å². The van der Waals surface area contributed by atoms with E-state index in [0.29, 0.717) is 106 Å². The van der Waals surface area contributed by atoms with Crippen LogP contribution in [-0.2, 0) is 50.1 Å². The molecule has 18 heteroatoms. The molecule has 2 aliphatic rings. The molecule has 0 amide bonds. The van der Waals surface area contributed by atoms with Crippen molar-refractivity contribution in [1.82, 2.24) is 0 Å². The first-order chi connectivity index (χ1) is 36.9. The van der Waals surface area contributed by atoms with Gasteiger partial charge in [-0.15, -0.1) is 0 Å². The van der Waals surface area contributed by atoms with Crippen LogP contribution in [0.4, 0.5) is 0 Å². The minimum absolute atomic E-state index is 0.0463. The van der Waals surface area contributed by atoms with E-state index in [1.165, 1.54) is 29.8 Å². The Kier molecular flexibility index (Phi) is 20.9. The van der Waals surface area contributed by atoms with Crippen molar-refractivity contribution in [2.24, 2.45) is 0 Å². The van der Waals surface area contributed by atoms with Crippen molar-refractivity contribution >= 4 is 22.1 Å². The molecule has 2 aliphatic heterocycles. The summed E-state index contributed by atoms with van der Waals surface area (Å²) in [6, 6.07) is 25.1. The van der Waals surface area contributed by atoms with Crippen molar-refractivity contribution in [3.63, 3.8) is 0 Å². The number of carbonyl (C=O) groups excluding carboxylic acids is 2. The normalized spacial score (nSPS) is 18.5. The zero-order valence-corrected chi connectivity index (χ0v) is 47.4. The largest absolute Gasteiger partial charge is 0.744 e. The average Bonchev–Trinajstić information content (AvgIpc) is 3.44. The maximum absolute atomic E-state index is 14.5. The van der Waals surface area contributed by atoms with Gasteiger partial charge < -0.3 is 60.9 Å². The minimum Gasteiger partial charge on any atom is -0.744 e. The van der Waals surface area contributed by atoms with Crippen LogP contribution < -0.4 is 42.6 Å². The fourth-order valence-corrected chi connectivity index (χ4v) is 11.1. The second-order valence-corrected chi connectivity index (χ2v) is 21.1. The molecule has 0 aromatic heterocycles. The van der Waals surface area contributed by atoms with Gasteiger partial charge in [-0.3, -0.25) is 9.59 Å². The molecule has 0 saturated carbocycles. The number of methoxy groups -OCH3 is 8. The zero-order valence-electron chi connectivity index (χ0n) is 46.6. The summed E-state index contributed by atoms with van der Waals surface area (Å²) >= 11 is 0. The minimum atomic E-state index is -4.25. The molecular weight excluding hydrogens is 1010 g/mol. The number of rotatable bonds is 24. The smallest absolute Gasteiger partial charge is 0.317 e. The molecular formula is C59H77N2O15S+. The Morgan fingerprint density at radius 2 is 1.05 bits per heavy atom. The van der Waals surface area contributed by atoms with Gasteiger partial charge in [0.1, 0.15) is 22.2 Å². The highest BCUT2D eigenvalue weighted by Crippen LogP contribution is 2.50. The first kappa shape index (κ1) is 59.5. The number of unbranched alkanes of at least 4 members (excludes halogenated alkanes) is 2. The van der Waals surface area contributed by atoms with Crippen molar-refractivity contribution in [3.8, 4) is 51.7 Å². The molecule has 17 nitrogen and oxygen atoms in total. The highest BCUT2D eigenvalue weighted by Gasteiger charge is 2.44. The van der Waals surface area contributed by atoms with E-state index in [0.717, 1.165) is 60.0 Å². The third-order valence-electron chi connectivity index (χ3n) is 15.1. The van der Waals surface area contributed by atoms with Gasteiger partial charge in [0.2, 0.25) is 5.75 Å². The molecule has 2 heterocycles. The van der Waals surface area contributed by atoms with Gasteiger partial charge in [-0.1, -0.05) is 50.1 Å². The molecule has 0 radical (unpaired) electrons. The van der Waals surface area contributed by atoms with E-state index in [1.807, 2.05) is 36.4 Å². The van der Waals surface area contributed by atoms with Crippen LogP contribution in [0.15, 0.2) is 89.8 Å². The second-order valence-electron chi connectivity index (χ2n) is 19.8. The Bertz CT molecular complexity index is 2920. The third kappa shape index (κ3) is 14.5. The van der Waals surface area contributed by atoms with Crippen LogP contribution in [0.1, 0.15) is 84.5 Å². The molecule has 5 aromatic carbocycles. The molecule has 7 rings (SSSR count). The topological polar surface area (TPSA) is 184 Å². The number of quaternary nitrogens is 2. The molecule has 0 aliphatic carbocycles. The monoisotopic (exact) mass is 1090 g/mol. The van der Waals surface area contributed by atoms with Gasteiger partial charge in [-0.25, -0.2) is 8.42 Å². The first-order valence-electron chi connectivity index (χ1n) is 25.9. The molecule has 5 aromatic rings. The fraction of sp³-hybridized carbons (Fsp3) is 0.458. The van der Waals surface area contributed by atoms with E-state index >= 15 is 0 Å². The van der Waals surface area contributed by atoms with Crippen LogP contribution in [0.25, 0.3) is 0 Å². The standard InChI is InChI=1S/C53H72N2O12.C6H6O3S/c1-12-13-14-27-66-50(56)21-25-55(3)24-20-38-40(42(55)29-36-16-18-44(59-5)46(31-36)61-7)34-49(64-10)53(65-11)52(38)67-51(57)22-26-54(2)23-19-37-32-47(62-8)48(63-9)33-39(37)41(54)28-35-15-17-43(58-4)45(30-35)60-6;7-10(8,9)6-4-2-1-3-5-6/h15-18,30-34,41-42H,12-14,19-29H2,1-11H3;1-5H,(H,7,8,9)/q+2;/p-1. The van der Waals surface area contributed by atoms with Gasteiger partial charge in [-0.05, 0) is 77.7 Å². The quantitative estimate of drug-likeness (QED) is 0.0187. The summed E-state index contributed by atoms with van der Waals surface area (Å²) in [4.78, 5) is 27.4. The molecule has 0 N–H and O–H groups in total.